The Labute approximate surface area is 222 Å². The largest absolute Gasteiger partial charge is 0.351 e. The molecule has 2 aromatic rings. The number of hydrogen-bond acceptors (Lipinski definition) is 5. The van der Waals surface area contributed by atoms with Gasteiger partial charge in [-0.1, -0.05) is 41.4 Å². The van der Waals surface area contributed by atoms with Crippen molar-refractivity contribution in [3.05, 3.63) is 63.6 Å². The molecule has 0 spiro atoms. The molecule has 11 heteroatoms. The number of sulfone groups is 1. The molecule has 1 heterocycles. The number of aryl methyl sites for hydroxylation is 1. The predicted molar refractivity (Wildman–Crippen MR) is 147 cm³/mol. The topological polar surface area (TPSA) is 90.5 Å². The highest BCUT2D eigenvalue weighted by molar-refractivity contribution is 7.90. The molecule has 35 heavy (non-hydrogen) atoms. The van der Waals surface area contributed by atoms with Gasteiger partial charge in [0.25, 0.3) is 0 Å². The normalized spacial score (nSPS) is 17.1. The molecule has 0 bridgehead atoms. The Morgan fingerprint density at radius 2 is 1.97 bits per heavy atom. The van der Waals surface area contributed by atoms with E-state index in [1.807, 2.05) is 43.3 Å². The first-order valence-electron chi connectivity index (χ1n) is 11.3. The summed E-state index contributed by atoms with van der Waals surface area (Å²) in [5, 5.41) is 10.4. The number of nitrogens with one attached hydrogen (secondary N) is 3. The van der Waals surface area contributed by atoms with Crippen LogP contribution in [0, 0.1) is 6.92 Å². The van der Waals surface area contributed by atoms with Gasteiger partial charge in [-0.15, -0.1) is 0 Å². The maximum atomic E-state index is 13.1. The van der Waals surface area contributed by atoms with Crippen LogP contribution >= 0.6 is 35.4 Å². The van der Waals surface area contributed by atoms with E-state index in [4.69, 9.17) is 35.4 Å². The Hall–Kier alpha value is -1.91. The van der Waals surface area contributed by atoms with Gasteiger partial charge in [0.2, 0.25) is 5.91 Å². The molecular formula is C24H30Cl2N4O3S2. The van der Waals surface area contributed by atoms with Gasteiger partial charge in [0.15, 0.2) is 5.11 Å². The number of nitrogens with zero attached hydrogens (tertiary/aromatic N) is 1. The molecule has 3 rings (SSSR count). The molecule has 2 atom stereocenters. The van der Waals surface area contributed by atoms with E-state index < -0.39 is 15.9 Å². The number of benzene rings is 2. The van der Waals surface area contributed by atoms with E-state index in [-0.39, 0.29) is 29.2 Å². The number of likely N-dealkylation sites (tertiary alicyclic amines) is 1. The molecule has 3 N–H and O–H groups in total. The van der Waals surface area contributed by atoms with Gasteiger partial charge < -0.3 is 16.0 Å². The van der Waals surface area contributed by atoms with E-state index in [1.165, 1.54) is 0 Å². The molecule has 0 saturated carbocycles. The van der Waals surface area contributed by atoms with Crippen LogP contribution in [0.4, 0.5) is 5.69 Å². The Morgan fingerprint density at radius 3 is 2.66 bits per heavy atom. The average molecular weight is 558 g/mol. The van der Waals surface area contributed by atoms with Gasteiger partial charge in [-0.2, -0.15) is 0 Å². The number of carbonyl (C=O) groups excluding carboxylic acids is 1. The quantitative estimate of drug-likeness (QED) is 0.405. The van der Waals surface area contributed by atoms with Crippen LogP contribution in [0.2, 0.25) is 10.0 Å². The summed E-state index contributed by atoms with van der Waals surface area (Å²) in [5.74, 6) is -0.400. The summed E-state index contributed by atoms with van der Waals surface area (Å²) in [5.41, 5.74) is 2.90. The van der Waals surface area contributed by atoms with Gasteiger partial charge >= 0.3 is 0 Å². The molecule has 1 aliphatic heterocycles. The van der Waals surface area contributed by atoms with Gasteiger partial charge in [0, 0.05) is 37.6 Å². The van der Waals surface area contributed by atoms with Crippen LogP contribution in [0.3, 0.4) is 0 Å². The fourth-order valence-electron chi connectivity index (χ4n) is 3.94. The lowest BCUT2D eigenvalue weighted by Gasteiger charge is -2.23. The monoisotopic (exact) mass is 556 g/mol. The summed E-state index contributed by atoms with van der Waals surface area (Å²) in [6, 6.07) is 12.4. The summed E-state index contributed by atoms with van der Waals surface area (Å²) in [7, 11) is -3.24. The van der Waals surface area contributed by atoms with Crippen molar-refractivity contribution in [3.63, 3.8) is 0 Å². The highest BCUT2D eigenvalue weighted by Gasteiger charge is 2.28. The minimum Gasteiger partial charge on any atom is -0.351 e. The van der Waals surface area contributed by atoms with Crippen LogP contribution in [0.25, 0.3) is 0 Å². The minimum absolute atomic E-state index is 0.0499. The number of anilines is 1. The summed E-state index contributed by atoms with van der Waals surface area (Å²) in [6.45, 7) is 4.16. The molecule has 2 aromatic carbocycles. The van der Waals surface area contributed by atoms with Crippen molar-refractivity contribution in [1.29, 1.82) is 0 Å². The van der Waals surface area contributed by atoms with Crippen LogP contribution in [-0.4, -0.2) is 61.5 Å². The van der Waals surface area contributed by atoms with E-state index >= 15 is 0 Å². The van der Waals surface area contributed by atoms with Crippen molar-refractivity contribution in [2.45, 2.75) is 38.4 Å². The maximum absolute atomic E-state index is 13.1. The number of halogens is 2. The number of carbonyl (C=O) groups is 1. The van der Waals surface area contributed by atoms with Gasteiger partial charge in [-0.25, -0.2) is 8.42 Å². The predicted octanol–water partition coefficient (Wildman–Crippen LogP) is 3.78. The first-order chi connectivity index (χ1) is 16.5. The maximum Gasteiger partial charge on any atom is 0.242 e. The van der Waals surface area contributed by atoms with Crippen molar-refractivity contribution < 1.29 is 13.2 Å². The molecule has 0 unspecified atom stereocenters. The summed E-state index contributed by atoms with van der Waals surface area (Å²) < 4.78 is 23.5. The Bertz CT molecular complexity index is 1180. The summed E-state index contributed by atoms with van der Waals surface area (Å²) in [6.07, 6.45) is 2.06. The van der Waals surface area contributed by atoms with Crippen LogP contribution in [-0.2, 0) is 21.2 Å². The standard InChI is InChI=1S/C24H30Cl2N4O3S2/c1-16-4-3-5-18(12-16)28-24(34)29-22(9-11-35(2,32)33)23(31)27-19-8-10-30(15-19)14-17-6-7-20(25)21(26)13-17/h3-7,12-13,19,22H,8-11,14-15H2,1-2H3,(H,27,31)(H2,28,29,34)/t19-,22+/m1/s1. The van der Waals surface area contributed by atoms with Crippen LogP contribution in [0.1, 0.15) is 24.0 Å². The van der Waals surface area contributed by atoms with Gasteiger partial charge in [-0.05, 0) is 67.4 Å². The average Bonchev–Trinajstić information content (AvgIpc) is 3.19. The first-order valence-corrected chi connectivity index (χ1v) is 14.5. The molecule has 1 fully saturated rings. The first kappa shape index (κ1) is 27.7. The molecule has 7 nitrogen and oxygen atoms in total. The molecule has 190 valence electrons. The molecule has 1 amide bonds. The van der Waals surface area contributed by atoms with Gasteiger partial charge in [-0.3, -0.25) is 9.69 Å². The van der Waals surface area contributed by atoms with Crippen LogP contribution in [0.5, 0.6) is 0 Å². The minimum atomic E-state index is -3.24. The lowest BCUT2D eigenvalue weighted by atomic mass is 10.2. The van der Waals surface area contributed by atoms with E-state index in [1.54, 1.807) is 6.07 Å². The van der Waals surface area contributed by atoms with Crippen molar-refractivity contribution in [2.24, 2.45) is 0 Å². The summed E-state index contributed by atoms with van der Waals surface area (Å²) in [4.78, 5) is 15.3. The van der Waals surface area contributed by atoms with Gasteiger partial charge in [0.05, 0.1) is 15.8 Å². The molecular weight excluding hydrogens is 527 g/mol. The highest BCUT2D eigenvalue weighted by Crippen LogP contribution is 2.24. The third kappa shape index (κ3) is 9.24. The second kappa shape index (κ2) is 12.4. The Balaban J connectivity index is 1.58. The molecule has 0 radical (unpaired) electrons. The number of thiocarbonyl (C=S) groups is 1. The SMILES string of the molecule is Cc1cccc(NC(=S)N[C@@H](CCS(C)(=O)=O)C(=O)N[C@@H]2CCN(Cc3ccc(Cl)c(Cl)c3)C2)c1. The van der Waals surface area contributed by atoms with E-state index in [0.717, 1.165) is 36.0 Å². The fourth-order valence-corrected chi connectivity index (χ4v) is 5.19. The van der Waals surface area contributed by atoms with E-state index in [0.29, 0.717) is 23.1 Å². The number of amides is 1. The second-order valence-electron chi connectivity index (χ2n) is 8.92. The zero-order valence-electron chi connectivity index (χ0n) is 19.7. The van der Waals surface area contributed by atoms with E-state index in [9.17, 15) is 13.2 Å². The lowest BCUT2D eigenvalue weighted by molar-refractivity contribution is -0.123. The molecule has 1 aliphatic rings. The Kier molecular flexibility index (Phi) is 9.77. The molecule has 0 aromatic heterocycles. The van der Waals surface area contributed by atoms with Crippen molar-refractivity contribution in [1.82, 2.24) is 15.5 Å². The molecule has 0 aliphatic carbocycles. The Morgan fingerprint density at radius 1 is 1.20 bits per heavy atom. The number of hydrogen-bond donors (Lipinski definition) is 3. The fraction of sp³-hybridized carbons (Fsp3) is 0.417. The lowest BCUT2D eigenvalue weighted by Crippen LogP contribution is -2.51. The smallest absolute Gasteiger partial charge is 0.242 e. The van der Waals surface area contributed by atoms with E-state index in [2.05, 4.69) is 20.9 Å². The zero-order valence-corrected chi connectivity index (χ0v) is 22.8. The van der Waals surface area contributed by atoms with Crippen molar-refractivity contribution in [3.8, 4) is 0 Å². The highest BCUT2D eigenvalue weighted by atomic mass is 35.5. The molecule has 1 saturated heterocycles. The zero-order chi connectivity index (χ0) is 25.6. The van der Waals surface area contributed by atoms with Crippen molar-refractivity contribution >= 4 is 62.0 Å². The third-order valence-corrected chi connectivity index (χ3v) is 7.62. The summed E-state index contributed by atoms with van der Waals surface area (Å²) >= 11 is 17.5. The van der Waals surface area contributed by atoms with Crippen LogP contribution < -0.4 is 16.0 Å². The number of rotatable bonds is 9. The van der Waals surface area contributed by atoms with Crippen LogP contribution in [0.15, 0.2) is 42.5 Å². The van der Waals surface area contributed by atoms with Gasteiger partial charge in [0.1, 0.15) is 15.9 Å². The van der Waals surface area contributed by atoms with Crippen molar-refractivity contribution in [2.75, 3.05) is 30.4 Å². The second-order valence-corrected chi connectivity index (χ2v) is 12.4. The third-order valence-electron chi connectivity index (χ3n) is 5.68.